The molecule has 27 heavy (non-hydrogen) atoms. The van der Waals surface area contributed by atoms with Crippen molar-refractivity contribution in [2.75, 3.05) is 7.11 Å². The van der Waals surface area contributed by atoms with E-state index < -0.39 is 15.8 Å². The minimum atomic E-state index is -3.88. The number of hydrogen-bond acceptors (Lipinski definition) is 6. The maximum absolute atomic E-state index is 13.8. The van der Waals surface area contributed by atoms with Gasteiger partial charge in [-0.25, -0.2) is 17.5 Å². The number of aromatic nitrogens is 2. The van der Waals surface area contributed by atoms with Gasteiger partial charge >= 0.3 is 0 Å². The smallest absolute Gasteiger partial charge is 0.244 e. The van der Waals surface area contributed by atoms with Crippen LogP contribution in [0.1, 0.15) is 17.0 Å². The highest BCUT2D eigenvalue weighted by molar-refractivity contribution is 7.89. The summed E-state index contributed by atoms with van der Waals surface area (Å²) in [5, 5.41) is 3.69. The van der Waals surface area contributed by atoms with Crippen molar-refractivity contribution in [2.45, 2.75) is 25.3 Å². The molecule has 142 valence electrons. The van der Waals surface area contributed by atoms with Crippen molar-refractivity contribution in [3.8, 4) is 17.1 Å². The molecule has 0 saturated carbocycles. The average Bonchev–Trinajstić information content (AvgIpc) is 3.11. The van der Waals surface area contributed by atoms with Crippen molar-refractivity contribution < 1.29 is 22.1 Å². The van der Waals surface area contributed by atoms with Crippen molar-refractivity contribution in [2.24, 2.45) is 0 Å². The number of ether oxygens (including phenoxy) is 1. The lowest BCUT2D eigenvalue weighted by atomic mass is 10.1. The third-order valence-corrected chi connectivity index (χ3v) is 5.49. The van der Waals surface area contributed by atoms with E-state index in [2.05, 4.69) is 14.9 Å². The van der Waals surface area contributed by atoms with Crippen LogP contribution in [0.4, 0.5) is 4.39 Å². The Morgan fingerprint density at radius 2 is 1.89 bits per heavy atom. The Hall–Kier alpha value is -2.78. The Labute approximate surface area is 156 Å². The lowest BCUT2D eigenvalue weighted by molar-refractivity contribution is 0.375. The van der Waals surface area contributed by atoms with Crippen LogP contribution in [0.25, 0.3) is 11.4 Å². The molecule has 7 nitrogen and oxygen atoms in total. The number of halogens is 1. The molecule has 1 heterocycles. The van der Waals surface area contributed by atoms with Gasteiger partial charge in [0, 0.05) is 0 Å². The molecular formula is C18H18FN3O4S. The number of hydrogen-bond donors (Lipinski definition) is 1. The fraction of sp³-hybridized carbons (Fsp3) is 0.222. The van der Waals surface area contributed by atoms with Gasteiger partial charge in [-0.3, -0.25) is 0 Å². The van der Waals surface area contributed by atoms with Gasteiger partial charge < -0.3 is 9.26 Å². The lowest BCUT2D eigenvalue weighted by Crippen LogP contribution is -2.24. The van der Waals surface area contributed by atoms with Gasteiger partial charge in [-0.1, -0.05) is 17.3 Å². The highest BCUT2D eigenvalue weighted by Gasteiger charge is 2.22. The number of rotatable bonds is 6. The molecule has 0 spiro atoms. The van der Waals surface area contributed by atoms with Crippen LogP contribution in [-0.2, 0) is 16.6 Å². The van der Waals surface area contributed by atoms with E-state index in [0.29, 0.717) is 0 Å². The van der Waals surface area contributed by atoms with E-state index >= 15 is 0 Å². The Balaban J connectivity index is 1.81. The van der Waals surface area contributed by atoms with Crippen molar-refractivity contribution in [1.82, 2.24) is 14.9 Å². The minimum Gasteiger partial charge on any atom is -0.495 e. The fourth-order valence-electron chi connectivity index (χ4n) is 2.45. The molecule has 0 saturated heterocycles. The third-order valence-electron chi connectivity index (χ3n) is 4.07. The highest BCUT2D eigenvalue weighted by atomic mass is 32.2. The summed E-state index contributed by atoms with van der Waals surface area (Å²) >= 11 is 0. The molecule has 3 aromatic rings. The van der Waals surface area contributed by atoms with Crippen LogP contribution < -0.4 is 9.46 Å². The molecule has 0 aliphatic heterocycles. The number of benzene rings is 2. The van der Waals surface area contributed by atoms with Crippen LogP contribution >= 0.6 is 0 Å². The summed E-state index contributed by atoms with van der Waals surface area (Å²) in [6, 6.07) is 9.17. The van der Waals surface area contributed by atoms with Gasteiger partial charge in [0.15, 0.2) is 0 Å². The molecule has 2 aromatic carbocycles. The first-order chi connectivity index (χ1) is 12.8. The summed E-state index contributed by atoms with van der Waals surface area (Å²) in [7, 11) is -2.48. The molecule has 0 radical (unpaired) electrons. The Morgan fingerprint density at radius 1 is 1.19 bits per heavy atom. The number of methoxy groups -OCH3 is 1. The summed E-state index contributed by atoms with van der Waals surface area (Å²) in [6.07, 6.45) is 0. The molecular weight excluding hydrogens is 373 g/mol. The highest BCUT2D eigenvalue weighted by Crippen LogP contribution is 2.27. The van der Waals surface area contributed by atoms with Gasteiger partial charge in [0.25, 0.3) is 0 Å². The SMILES string of the molecule is COc1cc(C)c(C)cc1S(=O)(=O)NCc1nc(-c2ccccc2F)no1. The summed E-state index contributed by atoms with van der Waals surface area (Å²) in [4.78, 5) is 4.05. The molecule has 0 unspecified atom stereocenters. The average molecular weight is 391 g/mol. The first-order valence-corrected chi connectivity index (χ1v) is 9.52. The van der Waals surface area contributed by atoms with Crippen molar-refractivity contribution in [3.05, 3.63) is 59.2 Å². The van der Waals surface area contributed by atoms with Gasteiger partial charge in [0.1, 0.15) is 16.5 Å². The Kier molecular flexibility index (Phi) is 5.24. The molecule has 3 rings (SSSR count). The lowest BCUT2D eigenvalue weighted by Gasteiger charge is -2.12. The zero-order valence-electron chi connectivity index (χ0n) is 15.0. The molecule has 1 aromatic heterocycles. The summed E-state index contributed by atoms with van der Waals surface area (Å²) in [5.41, 5.74) is 1.90. The van der Waals surface area contributed by atoms with E-state index in [4.69, 9.17) is 9.26 Å². The van der Waals surface area contributed by atoms with Crippen molar-refractivity contribution in [1.29, 1.82) is 0 Å². The maximum atomic E-state index is 13.8. The van der Waals surface area contributed by atoms with Crippen molar-refractivity contribution in [3.63, 3.8) is 0 Å². The molecule has 0 bridgehead atoms. The second-order valence-electron chi connectivity index (χ2n) is 5.90. The predicted octanol–water partition coefficient (Wildman–Crippen LogP) is 2.98. The molecule has 0 fully saturated rings. The van der Waals surface area contributed by atoms with E-state index in [-0.39, 0.29) is 34.5 Å². The van der Waals surface area contributed by atoms with Crippen LogP contribution in [0.3, 0.4) is 0 Å². The van der Waals surface area contributed by atoms with Gasteiger partial charge in [0.2, 0.25) is 21.7 Å². The van der Waals surface area contributed by atoms with Crippen LogP contribution in [-0.4, -0.2) is 25.7 Å². The van der Waals surface area contributed by atoms with Crippen LogP contribution in [0.15, 0.2) is 45.8 Å². The zero-order valence-corrected chi connectivity index (χ0v) is 15.8. The van der Waals surface area contributed by atoms with Crippen molar-refractivity contribution >= 4 is 10.0 Å². The quantitative estimate of drug-likeness (QED) is 0.694. The Bertz CT molecular complexity index is 1080. The molecule has 0 aliphatic carbocycles. The third kappa shape index (κ3) is 3.99. The van der Waals surface area contributed by atoms with Crippen LogP contribution in [0.2, 0.25) is 0 Å². The van der Waals surface area contributed by atoms with Gasteiger partial charge in [0.05, 0.1) is 19.2 Å². The van der Waals surface area contributed by atoms with E-state index in [1.165, 1.54) is 25.3 Å². The monoisotopic (exact) mass is 391 g/mol. The van der Waals surface area contributed by atoms with E-state index in [9.17, 15) is 12.8 Å². The number of sulfonamides is 1. The minimum absolute atomic E-state index is 0.0135. The summed E-state index contributed by atoms with van der Waals surface area (Å²) in [5.74, 6) is -0.195. The number of aryl methyl sites for hydroxylation is 2. The van der Waals surface area contributed by atoms with Gasteiger partial charge in [-0.15, -0.1) is 0 Å². The standard InChI is InChI=1S/C18H18FN3O4S/c1-11-8-15(25-3)16(9-12(11)2)27(23,24)20-10-17-21-18(22-26-17)13-6-4-5-7-14(13)19/h4-9,20H,10H2,1-3H3. The predicted molar refractivity (Wildman–Crippen MR) is 96.2 cm³/mol. The molecule has 0 amide bonds. The molecule has 1 N–H and O–H groups in total. The number of nitrogens with zero attached hydrogens (tertiary/aromatic N) is 2. The van der Waals surface area contributed by atoms with Crippen LogP contribution in [0, 0.1) is 19.7 Å². The van der Waals surface area contributed by atoms with E-state index in [1.807, 2.05) is 13.8 Å². The fourth-order valence-corrected chi connectivity index (χ4v) is 3.65. The van der Waals surface area contributed by atoms with Gasteiger partial charge in [-0.05, 0) is 49.2 Å². The normalized spacial score (nSPS) is 11.6. The maximum Gasteiger partial charge on any atom is 0.244 e. The molecule has 0 atom stereocenters. The molecule has 9 heteroatoms. The first-order valence-electron chi connectivity index (χ1n) is 8.04. The van der Waals surface area contributed by atoms with Crippen LogP contribution in [0.5, 0.6) is 5.75 Å². The topological polar surface area (TPSA) is 94.3 Å². The molecule has 0 aliphatic rings. The first kappa shape index (κ1) is 19.0. The number of nitrogens with one attached hydrogen (secondary N) is 1. The second kappa shape index (κ2) is 7.45. The van der Waals surface area contributed by atoms with E-state index in [0.717, 1.165) is 11.1 Å². The summed E-state index contributed by atoms with van der Waals surface area (Å²) < 4.78 is 51.7. The second-order valence-corrected chi connectivity index (χ2v) is 7.64. The largest absolute Gasteiger partial charge is 0.495 e. The summed E-state index contributed by atoms with van der Waals surface area (Å²) in [6.45, 7) is 3.44. The Morgan fingerprint density at radius 3 is 2.59 bits per heavy atom. The van der Waals surface area contributed by atoms with E-state index in [1.54, 1.807) is 18.2 Å². The zero-order chi connectivity index (χ0) is 19.6. The van der Waals surface area contributed by atoms with Gasteiger partial charge in [-0.2, -0.15) is 4.98 Å².